The highest BCUT2D eigenvalue weighted by Crippen LogP contribution is 2.37. The SMILES string of the molecule is O=C1CC(c2ccc(-c3cnc[nH]3)cc2)Oc2ccc(-c3cnc[nH]3)cc21. The lowest BCUT2D eigenvalue weighted by molar-refractivity contribution is 0.0850. The number of hydrogen-bond acceptors (Lipinski definition) is 4. The number of benzene rings is 2. The van der Waals surface area contributed by atoms with E-state index in [0.717, 1.165) is 28.1 Å². The molecule has 6 heteroatoms. The third-order valence-electron chi connectivity index (χ3n) is 4.82. The molecule has 1 aliphatic heterocycles. The highest BCUT2D eigenvalue weighted by molar-refractivity contribution is 6.01. The van der Waals surface area contributed by atoms with Crippen molar-refractivity contribution in [1.82, 2.24) is 19.9 Å². The molecule has 4 aromatic rings. The molecule has 0 bridgehead atoms. The number of aromatic amines is 2. The lowest BCUT2D eigenvalue weighted by Gasteiger charge is -2.26. The van der Waals surface area contributed by atoms with Crippen molar-refractivity contribution in [2.24, 2.45) is 0 Å². The highest BCUT2D eigenvalue weighted by atomic mass is 16.5. The van der Waals surface area contributed by atoms with Crippen LogP contribution < -0.4 is 4.74 Å². The first-order valence-corrected chi connectivity index (χ1v) is 8.69. The van der Waals surface area contributed by atoms with E-state index in [0.29, 0.717) is 17.7 Å². The molecule has 0 radical (unpaired) electrons. The molecular weight excluding hydrogens is 340 g/mol. The summed E-state index contributed by atoms with van der Waals surface area (Å²) in [5, 5.41) is 0. The van der Waals surface area contributed by atoms with E-state index in [1.807, 2.05) is 42.5 Å². The van der Waals surface area contributed by atoms with Gasteiger partial charge in [-0.3, -0.25) is 4.79 Å². The number of imidazole rings is 2. The third-order valence-corrected chi connectivity index (χ3v) is 4.82. The van der Waals surface area contributed by atoms with Crippen LogP contribution in [0, 0.1) is 0 Å². The molecule has 5 rings (SSSR count). The Hall–Kier alpha value is -3.67. The Morgan fingerprint density at radius 3 is 2.22 bits per heavy atom. The molecule has 0 amide bonds. The minimum absolute atomic E-state index is 0.0836. The molecule has 3 heterocycles. The number of fused-ring (bicyclic) bond motifs is 1. The van der Waals surface area contributed by atoms with Crippen LogP contribution in [0.4, 0.5) is 0 Å². The number of carbonyl (C=O) groups is 1. The zero-order chi connectivity index (χ0) is 18.2. The number of rotatable bonds is 3. The standard InChI is InChI=1S/C21H16N4O2/c26-19-8-21(14-3-1-13(2-4-14)17-9-22-11-24-17)27-20-6-5-15(7-16(19)20)18-10-23-12-25-18/h1-7,9-12,21H,8H2,(H,22,24)(H,23,25). The number of carbonyl (C=O) groups excluding carboxylic acids is 1. The van der Waals surface area contributed by atoms with Crippen LogP contribution >= 0.6 is 0 Å². The fourth-order valence-electron chi connectivity index (χ4n) is 3.38. The average molecular weight is 356 g/mol. The fraction of sp³-hybridized carbons (Fsp3) is 0.0952. The van der Waals surface area contributed by atoms with Gasteiger partial charge in [0.2, 0.25) is 0 Å². The van der Waals surface area contributed by atoms with E-state index in [1.165, 1.54) is 0 Å². The summed E-state index contributed by atoms with van der Waals surface area (Å²) in [6.07, 6.45) is 6.83. The molecule has 0 aliphatic carbocycles. The van der Waals surface area contributed by atoms with Crippen LogP contribution in [0.1, 0.15) is 28.4 Å². The molecule has 1 atom stereocenters. The predicted octanol–water partition coefficient (Wildman–Crippen LogP) is 4.17. The maximum Gasteiger partial charge on any atom is 0.170 e. The number of H-pyrrole nitrogens is 2. The number of nitrogens with zero attached hydrogens (tertiary/aromatic N) is 2. The van der Waals surface area contributed by atoms with Gasteiger partial charge in [-0.1, -0.05) is 24.3 Å². The molecule has 27 heavy (non-hydrogen) atoms. The van der Waals surface area contributed by atoms with Crippen LogP contribution in [0.2, 0.25) is 0 Å². The first kappa shape index (κ1) is 15.6. The Morgan fingerprint density at radius 1 is 0.889 bits per heavy atom. The smallest absolute Gasteiger partial charge is 0.170 e. The Morgan fingerprint density at radius 2 is 1.56 bits per heavy atom. The van der Waals surface area contributed by atoms with Crippen molar-refractivity contribution < 1.29 is 9.53 Å². The zero-order valence-corrected chi connectivity index (χ0v) is 14.3. The number of ether oxygens (including phenoxy) is 1. The van der Waals surface area contributed by atoms with Gasteiger partial charge in [0, 0.05) is 5.56 Å². The molecule has 132 valence electrons. The minimum Gasteiger partial charge on any atom is -0.484 e. The number of hydrogen-bond donors (Lipinski definition) is 2. The number of aromatic nitrogens is 4. The van der Waals surface area contributed by atoms with E-state index in [1.54, 1.807) is 25.0 Å². The van der Waals surface area contributed by atoms with E-state index in [9.17, 15) is 4.79 Å². The van der Waals surface area contributed by atoms with E-state index in [2.05, 4.69) is 19.9 Å². The largest absolute Gasteiger partial charge is 0.484 e. The van der Waals surface area contributed by atoms with Crippen molar-refractivity contribution in [3.05, 3.63) is 78.6 Å². The van der Waals surface area contributed by atoms with Gasteiger partial charge in [0.15, 0.2) is 5.78 Å². The second-order valence-corrected chi connectivity index (χ2v) is 6.50. The second-order valence-electron chi connectivity index (χ2n) is 6.50. The van der Waals surface area contributed by atoms with Gasteiger partial charge in [-0.05, 0) is 29.3 Å². The first-order chi connectivity index (χ1) is 13.3. The lowest BCUT2D eigenvalue weighted by atomic mass is 9.94. The maximum absolute atomic E-state index is 12.7. The number of ketones is 1. The van der Waals surface area contributed by atoms with Crippen LogP contribution in [0.15, 0.2) is 67.5 Å². The topological polar surface area (TPSA) is 83.7 Å². The predicted molar refractivity (Wildman–Crippen MR) is 100 cm³/mol. The fourth-order valence-corrected chi connectivity index (χ4v) is 3.38. The average Bonchev–Trinajstić information content (AvgIpc) is 3.42. The summed E-state index contributed by atoms with van der Waals surface area (Å²) < 4.78 is 6.12. The van der Waals surface area contributed by atoms with Crippen molar-refractivity contribution >= 4 is 5.78 Å². The highest BCUT2D eigenvalue weighted by Gasteiger charge is 2.28. The number of Topliss-reactive ketones (excluding diaryl/α,β-unsaturated/α-hetero) is 1. The minimum atomic E-state index is -0.279. The molecular formula is C21H16N4O2. The van der Waals surface area contributed by atoms with Crippen molar-refractivity contribution in [1.29, 1.82) is 0 Å². The molecule has 0 spiro atoms. The summed E-state index contributed by atoms with van der Waals surface area (Å²) in [7, 11) is 0. The quantitative estimate of drug-likeness (QED) is 0.577. The van der Waals surface area contributed by atoms with Crippen LogP contribution in [0.5, 0.6) is 5.75 Å². The van der Waals surface area contributed by atoms with Crippen LogP contribution in [0.3, 0.4) is 0 Å². The zero-order valence-electron chi connectivity index (χ0n) is 14.3. The Balaban J connectivity index is 1.42. The molecule has 2 N–H and O–H groups in total. The normalized spacial score (nSPS) is 16.0. The van der Waals surface area contributed by atoms with Gasteiger partial charge in [-0.25, -0.2) is 9.97 Å². The van der Waals surface area contributed by atoms with Crippen molar-refractivity contribution in [2.45, 2.75) is 12.5 Å². The van der Waals surface area contributed by atoms with Crippen molar-refractivity contribution in [2.75, 3.05) is 0 Å². The molecule has 2 aromatic heterocycles. The molecule has 6 nitrogen and oxygen atoms in total. The van der Waals surface area contributed by atoms with E-state index in [4.69, 9.17) is 4.74 Å². The summed E-state index contributed by atoms with van der Waals surface area (Å²) in [6.45, 7) is 0. The number of nitrogens with one attached hydrogen (secondary N) is 2. The summed E-state index contributed by atoms with van der Waals surface area (Å²) in [5.41, 5.74) is 5.40. The molecule has 2 aromatic carbocycles. The summed E-state index contributed by atoms with van der Waals surface area (Å²) >= 11 is 0. The van der Waals surface area contributed by atoms with Gasteiger partial charge >= 0.3 is 0 Å². The maximum atomic E-state index is 12.7. The molecule has 0 fully saturated rings. The lowest BCUT2D eigenvalue weighted by Crippen LogP contribution is -2.20. The van der Waals surface area contributed by atoms with Gasteiger partial charge < -0.3 is 14.7 Å². The Bertz CT molecular complexity index is 1080. The Labute approximate surface area is 155 Å². The van der Waals surface area contributed by atoms with E-state index >= 15 is 0 Å². The van der Waals surface area contributed by atoms with Crippen molar-refractivity contribution in [3.8, 4) is 28.3 Å². The van der Waals surface area contributed by atoms with Crippen LogP contribution in [-0.4, -0.2) is 25.7 Å². The van der Waals surface area contributed by atoms with Gasteiger partial charge in [-0.2, -0.15) is 0 Å². The van der Waals surface area contributed by atoms with Gasteiger partial charge in [0.25, 0.3) is 0 Å². The van der Waals surface area contributed by atoms with Crippen molar-refractivity contribution in [3.63, 3.8) is 0 Å². The van der Waals surface area contributed by atoms with Crippen LogP contribution in [-0.2, 0) is 0 Å². The third kappa shape index (κ3) is 2.81. The summed E-state index contributed by atoms with van der Waals surface area (Å²) in [6, 6.07) is 13.7. The summed E-state index contributed by atoms with van der Waals surface area (Å²) in [4.78, 5) is 26.9. The van der Waals surface area contributed by atoms with E-state index < -0.39 is 0 Å². The molecule has 0 saturated heterocycles. The van der Waals surface area contributed by atoms with Crippen LogP contribution in [0.25, 0.3) is 22.5 Å². The second kappa shape index (κ2) is 6.25. The molecule has 1 unspecified atom stereocenters. The van der Waals surface area contributed by atoms with E-state index in [-0.39, 0.29) is 11.9 Å². The monoisotopic (exact) mass is 356 g/mol. The Kier molecular flexibility index (Phi) is 3.60. The molecule has 1 aliphatic rings. The first-order valence-electron chi connectivity index (χ1n) is 8.69. The van der Waals surface area contributed by atoms with Gasteiger partial charge in [-0.15, -0.1) is 0 Å². The van der Waals surface area contributed by atoms with Gasteiger partial charge in [0.1, 0.15) is 11.9 Å². The molecule has 0 saturated carbocycles. The summed E-state index contributed by atoms with van der Waals surface area (Å²) in [5.74, 6) is 0.706. The van der Waals surface area contributed by atoms with Gasteiger partial charge in [0.05, 0.1) is 48.4 Å².